The highest BCUT2D eigenvalue weighted by Crippen LogP contribution is 2.28. The number of hydrogen-bond acceptors (Lipinski definition) is 6. The molecule has 36 heavy (non-hydrogen) atoms. The highest BCUT2D eigenvalue weighted by molar-refractivity contribution is 6.06. The molecule has 0 N–H and O–H groups in total. The van der Waals surface area contributed by atoms with Gasteiger partial charge in [-0.15, -0.1) is 0 Å². The van der Waals surface area contributed by atoms with E-state index in [0.717, 1.165) is 40.8 Å². The highest BCUT2D eigenvalue weighted by atomic mass is 16.5. The van der Waals surface area contributed by atoms with Gasteiger partial charge in [-0.05, 0) is 73.0 Å². The first kappa shape index (κ1) is 24.8. The van der Waals surface area contributed by atoms with Gasteiger partial charge < -0.3 is 18.9 Å². The van der Waals surface area contributed by atoms with Crippen molar-refractivity contribution in [2.24, 2.45) is 0 Å². The Morgan fingerprint density at radius 1 is 0.806 bits per heavy atom. The van der Waals surface area contributed by atoms with Gasteiger partial charge in [0.1, 0.15) is 17.0 Å². The Kier molecular flexibility index (Phi) is 8.54. The summed E-state index contributed by atoms with van der Waals surface area (Å²) >= 11 is 0. The Bertz CT molecular complexity index is 1330. The molecule has 0 bridgehead atoms. The molecule has 3 aromatic carbocycles. The Morgan fingerprint density at radius 2 is 1.56 bits per heavy atom. The number of rotatable bonds is 12. The Balaban J connectivity index is 1.21. The molecule has 6 heteroatoms. The van der Waals surface area contributed by atoms with Crippen molar-refractivity contribution in [1.82, 2.24) is 4.98 Å². The van der Waals surface area contributed by atoms with Crippen molar-refractivity contribution in [3.05, 3.63) is 96.2 Å². The van der Waals surface area contributed by atoms with Crippen molar-refractivity contribution in [3.8, 4) is 23.0 Å². The van der Waals surface area contributed by atoms with E-state index >= 15 is 0 Å². The van der Waals surface area contributed by atoms with Crippen LogP contribution in [0.1, 0.15) is 28.8 Å². The predicted molar refractivity (Wildman–Crippen MR) is 141 cm³/mol. The van der Waals surface area contributed by atoms with Gasteiger partial charge in [0.15, 0.2) is 17.3 Å². The molecule has 6 nitrogen and oxygen atoms in total. The lowest BCUT2D eigenvalue weighted by atomic mass is 10.1. The number of nitrogens with zero attached hydrogens (tertiary/aromatic N) is 1. The van der Waals surface area contributed by atoms with Crippen LogP contribution in [-0.4, -0.2) is 38.2 Å². The topological polar surface area (TPSA) is 66.9 Å². The van der Waals surface area contributed by atoms with E-state index in [-0.39, 0.29) is 5.78 Å². The van der Waals surface area contributed by atoms with Gasteiger partial charge in [0.25, 0.3) is 0 Å². The smallest absolute Gasteiger partial charge is 0.185 e. The normalized spacial score (nSPS) is 10.9. The minimum absolute atomic E-state index is 0.0867. The standard InChI is InChI=1S/C30H29NO5/c1-33-27-17-11-22(21-29(27)34-2)10-16-26(32)23-12-14-25(15-13-23)35-19-3-4-20-36-28-9-5-7-24-8-6-18-31-30(24)28/h5-18,21H,3-4,19-20H2,1-2H3/b16-10+. The lowest BCUT2D eigenvalue weighted by Crippen LogP contribution is -2.03. The van der Waals surface area contributed by atoms with E-state index in [1.807, 2.05) is 60.7 Å². The van der Waals surface area contributed by atoms with Gasteiger partial charge >= 0.3 is 0 Å². The molecule has 0 fully saturated rings. The molecule has 0 aliphatic heterocycles. The number of para-hydroxylation sites is 1. The predicted octanol–water partition coefficient (Wildman–Crippen LogP) is 6.39. The van der Waals surface area contributed by atoms with Crippen molar-refractivity contribution < 1.29 is 23.7 Å². The van der Waals surface area contributed by atoms with Crippen LogP contribution in [0.3, 0.4) is 0 Å². The molecule has 4 aromatic rings. The molecule has 0 spiro atoms. The summed E-state index contributed by atoms with van der Waals surface area (Å²) in [5.41, 5.74) is 2.32. The quantitative estimate of drug-likeness (QED) is 0.132. The first-order valence-corrected chi connectivity index (χ1v) is 11.8. The first-order chi connectivity index (χ1) is 17.7. The maximum absolute atomic E-state index is 12.5. The zero-order valence-electron chi connectivity index (χ0n) is 20.5. The lowest BCUT2D eigenvalue weighted by Gasteiger charge is -2.09. The van der Waals surface area contributed by atoms with Crippen molar-refractivity contribution in [2.45, 2.75) is 12.8 Å². The third kappa shape index (κ3) is 6.42. The summed E-state index contributed by atoms with van der Waals surface area (Å²) in [6.07, 6.45) is 6.79. The van der Waals surface area contributed by atoms with E-state index in [9.17, 15) is 4.79 Å². The summed E-state index contributed by atoms with van der Waals surface area (Å²) in [6.45, 7) is 1.17. The number of ketones is 1. The molecule has 1 heterocycles. The van der Waals surface area contributed by atoms with Gasteiger partial charge in [-0.2, -0.15) is 0 Å². The first-order valence-electron chi connectivity index (χ1n) is 11.8. The van der Waals surface area contributed by atoms with Crippen LogP contribution in [-0.2, 0) is 0 Å². The number of carbonyl (C=O) groups is 1. The van der Waals surface area contributed by atoms with Crippen LogP contribution in [0.4, 0.5) is 0 Å². The summed E-state index contributed by atoms with van der Waals surface area (Å²) in [5.74, 6) is 2.71. The second kappa shape index (κ2) is 12.4. The molecule has 4 rings (SSSR count). The average molecular weight is 484 g/mol. The molecule has 1 aromatic heterocycles. The van der Waals surface area contributed by atoms with Crippen molar-refractivity contribution in [3.63, 3.8) is 0 Å². The van der Waals surface area contributed by atoms with Crippen LogP contribution in [0.5, 0.6) is 23.0 Å². The second-order valence-electron chi connectivity index (χ2n) is 8.07. The average Bonchev–Trinajstić information content (AvgIpc) is 2.93. The van der Waals surface area contributed by atoms with E-state index in [2.05, 4.69) is 4.98 Å². The summed E-state index contributed by atoms with van der Waals surface area (Å²) in [5, 5.41) is 1.07. The number of carbonyl (C=O) groups excluding carboxylic acids is 1. The SMILES string of the molecule is COc1ccc(/C=C/C(=O)c2ccc(OCCCCOc3cccc4cccnc34)cc2)cc1OC. The van der Waals surface area contributed by atoms with Crippen molar-refractivity contribution in [2.75, 3.05) is 27.4 Å². The van der Waals surface area contributed by atoms with Gasteiger partial charge in [0.05, 0.1) is 27.4 Å². The summed E-state index contributed by atoms with van der Waals surface area (Å²) < 4.78 is 22.3. The fraction of sp³-hybridized carbons (Fsp3) is 0.200. The second-order valence-corrected chi connectivity index (χ2v) is 8.07. The fourth-order valence-corrected chi connectivity index (χ4v) is 3.71. The zero-order chi connectivity index (χ0) is 25.2. The van der Waals surface area contributed by atoms with E-state index in [0.29, 0.717) is 30.3 Å². The van der Waals surface area contributed by atoms with E-state index in [4.69, 9.17) is 18.9 Å². The number of unbranched alkanes of at least 4 members (excludes halogenated alkanes) is 1. The minimum Gasteiger partial charge on any atom is -0.494 e. The highest BCUT2D eigenvalue weighted by Gasteiger charge is 2.06. The van der Waals surface area contributed by atoms with Crippen molar-refractivity contribution in [1.29, 1.82) is 0 Å². The number of ether oxygens (including phenoxy) is 4. The number of methoxy groups -OCH3 is 2. The van der Waals surface area contributed by atoms with Crippen LogP contribution < -0.4 is 18.9 Å². The maximum atomic E-state index is 12.5. The molecule has 0 amide bonds. The van der Waals surface area contributed by atoms with Gasteiger partial charge in [-0.1, -0.05) is 30.3 Å². The maximum Gasteiger partial charge on any atom is 0.185 e. The summed E-state index contributed by atoms with van der Waals surface area (Å²) in [4.78, 5) is 16.9. The molecule has 0 aliphatic carbocycles. The van der Waals surface area contributed by atoms with Crippen LogP contribution in [0.2, 0.25) is 0 Å². The number of pyridine rings is 1. The molecule has 0 saturated heterocycles. The van der Waals surface area contributed by atoms with E-state index < -0.39 is 0 Å². The van der Waals surface area contributed by atoms with Crippen LogP contribution in [0.25, 0.3) is 17.0 Å². The number of allylic oxidation sites excluding steroid dienone is 1. The van der Waals surface area contributed by atoms with Gasteiger partial charge in [0, 0.05) is 17.1 Å². The summed E-state index contributed by atoms with van der Waals surface area (Å²) in [6, 6.07) is 22.6. The molecule has 0 aliphatic rings. The van der Waals surface area contributed by atoms with Gasteiger partial charge in [-0.3, -0.25) is 9.78 Å². The largest absolute Gasteiger partial charge is 0.494 e. The monoisotopic (exact) mass is 483 g/mol. The molecule has 0 atom stereocenters. The molecule has 184 valence electrons. The lowest BCUT2D eigenvalue weighted by molar-refractivity contribution is 0.104. The van der Waals surface area contributed by atoms with E-state index in [1.54, 1.807) is 44.7 Å². The molecule has 0 saturated carbocycles. The number of fused-ring (bicyclic) bond motifs is 1. The van der Waals surface area contributed by atoms with Gasteiger partial charge in [-0.25, -0.2) is 0 Å². The molecule has 0 unspecified atom stereocenters. The van der Waals surface area contributed by atoms with Gasteiger partial charge in [0.2, 0.25) is 0 Å². The third-order valence-electron chi connectivity index (χ3n) is 5.63. The van der Waals surface area contributed by atoms with Crippen molar-refractivity contribution >= 4 is 22.8 Å². The summed E-state index contributed by atoms with van der Waals surface area (Å²) in [7, 11) is 3.17. The Hall–Kier alpha value is -4.32. The minimum atomic E-state index is -0.0867. The zero-order valence-corrected chi connectivity index (χ0v) is 20.5. The molecular formula is C30H29NO5. The molecule has 0 radical (unpaired) electrons. The fourth-order valence-electron chi connectivity index (χ4n) is 3.71. The Labute approximate surface area is 211 Å². The number of aromatic nitrogens is 1. The van der Waals surface area contributed by atoms with Crippen LogP contribution in [0, 0.1) is 0 Å². The number of benzene rings is 3. The van der Waals surface area contributed by atoms with Crippen LogP contribution in [0.15, 0.2) is 85.1 Å². The van der Waals surface area contributed by atoms with Crippen LogP contribution >= 0.6 is 0 Å². The molecular weight excluding hydrogens is 454 g/mol. The third-order valence-corrected chi connectivity index (χ3v) is 5.63. The Morgan fingerprint density at radius 3 is 2.33 bits per heavy atom. The van der Waals surface area contributed by atoms with E-state index in [1.165, 1.54) is 0 Å². The number of hydrogen-bond donors (Lipinski definition) is 0.